The summed E-state index contributed by atoms with van der Waals surface area (Å²) >= 11 is 0. The van der Waals surface area contributed by atoms with Gasteiger partial charge in [-0.2, -0.15) is 0 Å². The Balaban J connectivity index is 1.44. The van der Waals surface area contributed by atoms with E-state index in [1.807, 2.05) is 6.20 Å². The molecule has 2 nitrogen and oxygen atoms in total. The Morgan fingerprint density at radius 3 is 2.44 bits per heavy atom. The van der Waals surface area contributed by atoms with Crippen molar-refractivity contribution in [1.29, 1.82) is 0 Å². The highest BCUT2D eigenvalue weighted by molar-refractivity contribution is 5.29. The Kier molecular flexibility index (Phi) is 8.48. The van der Waals surface area contributed by atoms with Crippen LogP contribution in [-0.4, -0.2) is 11.1 Å². The molecule has 27 heavy (non-hydrogen) atoms. The van der Waals surface area contributed by atoms with E-state index in [1.54, 1.807) is 0 Å². The topological polar surface area (TPSA) is 22.1 Å². The van der Waals surface area contributed by atoms with Crippen molar-refractivity contribution in [3.63, 3.8) is 0 Å². The van der Waals surface area contributed by atoms with E-state index in [-0.39, 0.29) is 0 Å². The Morgan fingerprint density at radius 1 is 0.926 bits per heavy atom. The van der Waals surface area contributed by atoms with Crippen molar-refractivity contribution in [3.05, 3.63) is 23.5 Å². The third-order valence-corrected chi connectivity index (χ3v) is 6.96. The summed E-state index contributed by atoms with van der Waals surface area (Å²) in [5, 5.41) is 0. The van der Waals surface area contributed by atoms with Gasteiger partial charge < -0.3 is 4.74 Å². The van der Waals surface area contributed by atoms with Gasteiger partial charge in [-0.15, -0.1) is 0 Å². The molecule has 1 aromatic heterocycles. The van der Waals surface area contributed by atoms with Gasteiger partial charge in [-0.05, 0) is 62.5 Å². The minimum absolute atomic E-state index is 0.406. The lowest BCUT2D eigenvalue weighted by molar-refractivity contribution is 0.127. The van der Waals surface area contributed by atoms with Crippen LogP contribution in [0.2, 0.25) is 0 Å². The molecule has 0 N–H and O–H groups in total. The number of hydrogen-bond donors (Lipinski definition) is 0. The third kappa shape index (κ3) is 6.80. The summed E-state index contributed by atoms with van der Waals surface area (Å²) in [6.07, 6.45) is 22.8. The quantitative estimate of drug-likeness (QED) is 0.421. The number of rotatable bonds is 9. The van der Waals surface area contributed by atoms with Crippen LogP contribution in [0, 0.1) is 18.8 Å². The van der Waals surface area contributed by atoms with Crippen LogP contribution in [0.25, 0.3) is 0 Å². The van der Waals surface area contributed by atoms with E-state index in [9.17, 15) is 0 Å². The molecule has 0 aromatic carbocycles. The average molecular weight is 372 g/mol. The van der Waals surface area contributed by atoms with Crippen LogP contribution >= 0.6 is 0 Å². The van der Waals surface area contributed by atoms with Gasteiger partial charge in [-0.3, -0.25) is 4.98 Å². The van der Waals surface area contributed by atoms with Crippen molar-refractivity contribution >= 4 is 0 Å². The SMILES string of the molecule is CCCCCCC1CCC(Oc2cnc(C)c(CC3CCCCC3)c2)CC1. The minimum Gasteiger partial charge on any atom is -0.489 e. The lowest BCUT2D eigenvalue weighted by Gasteiger charge is -2.29. The standard InChI is InChI=1S/C25H41NO/c1-3-4-5-7-10-21-13-15-24(16-14-21)27-25-18-23(20(2)26-19-25)17-22-11-8-6-9-12-22/h18-19,21-22,24H,3-17H2,1-2H3. The maximum Gasteiger partial charge on any atom is 0.138 e. The monoisotopic (exact) mass is 371 g/mol. The Hall–Kier alpha value is -1.05. The van der Waals surface area contributed by atoms with Gasteiger partial charge in [0.1, 0.15) is 5.75 Å². The van der Waals surface area contributed by atoms with Crippen molar-refractivity contribution in [2.75, 3.05) is 0 Å². The Bertz CT molecular complexity index is 541. The Labute approximate surface area is 167 Å². The molecule has 0 atom stereocenters. The number of ether oxygens (including phenoxy) is 1. The lowest BCUT2D eigenvalue weighted by atomic mass is 9.84. The molecular weight excluding hydrogens is 330 g/mol. The van der Waals surface area contributed by atoms with Crippen LogP contribution in [0.4, 0.5) is 0 Å². The number of aryl methyl sites for hydroxylation is 1. The van der Waals surface area contributed by atoms with Gasteiger partial charge in [0.15, 0.2) is 0 Å². The molecule has 0 bridgehead atoms. The van der Waals surface area contributed by atoms with Gasteiger partial charge in [0.25, 0.3) is 0 Å². The van der Waals surface area contributed by atoms with Crippen molar-refractivity contribution in [1.82, 2.24) is 4.98 Å². The van der Waals surface area contributed by atoms with Crippen LogP contribution < -0.4 is 4.74 Å². The van der Waals surface area contributed by atoms with Gasteiger partial charge in [0.2, 0.25) is 0 Å². The third-order valence-electron chi connectivity index (χ3n) is 6.96. The van der Waals surface area contributed by atoms with Gasteiger partial charge in [0.05, 0.1) is 12.3 Å². The molecule has 152 valence electrons. The fourth-order valence-corrected chi connectivity index (χ4v) is 5.12. The van der Waals surface area contributed by atoms with Crippen LogP contribution in [0.3, 0.4) is 0 Å². The molecule has 0 aliphatic heterocycles. The van der Waals surface area contributed by atoms with Gasteiger partial charge in [-0.1, -0.05) is 71.1 Å². The Morgan fingerprint density at radius 2 is 1.70 bits per heavy atom. The van der Waals surface area contributed by atoms with E-state index >= 15 is 0 Å². The second-order valence-electron chi connectivity index (χ2n) is 9.23. The van der Waals surface area contributed by atoms with E-state index in [4.69, 9.17) is 4.74 Å². The number of unbranched alkanes of at least 4 members (excludes halogenated alkanes) is 3. The van der Waals surface area contributed by atoms with E-state index in [1.165, 1.54) is 108 Å². The molecule has 2 aliphatic rings. The zero-order valence-corrected chi connectivity index (χ0v) is 17.8. The average Bonchev–Trinajstić information content (AvgIpc) is 2.70. The molecule has 2 saturated carbocycles. The van der Waals surface area contributed by atoms with E-state index < -0.39 is 0 Å². The fourth-order valence-electron chi connectivity index (χ4n) is 5.12. The van der Waals surface area contributed by atoms with Crippen LogP contribution in [-0.2, 0) is 6.42 Å². The molecule has 3 rings (SSSR count). The highest BCUT2D eigenvalue weighted by Gasteiger charge is 2.23. The molecule has 1 aromatic rings. The zero-order chi connectivity index (χ0) is 18.9. The predicted molar refractivity (Wildman–Crippen MR) is 114 cm³/mol. The minimum atomic E-state index is 0.406. The first-order valence-corrected chi connectivity index (χ1v) is 11.9. The molecule has 2 aliphatic carbocycles. The second-order valence-corrected chi connectivity index (χ2v) is 9.23. The second kappa shape index (κ2) is 11.1. The van der Waals surface area contributed by atoms with E-state index in [2.05, 4.69) is 24.9 Å². The molecule has 1 heterocycles. The van der Waals surface area contributed by atoms with Crippen molar-refractivity contribution in [2.45, 2.75) is 116 Å². The van der Waals surface area contributed by atoms with Gasteiger partial charge in [-0.25, -0.2) is 0 Å². The fraction of sp³-hybridized carbons (Fsp3) is 0.800. The number of hydrogen-bond acceptors (Lipinski definition) is 2. The van der Waals surface area contributed by atoms with Gasteiger partial charge in [0, 0.05) is 5.69 Å². The molecule has 0 amide bonds. The maximum absolute atomic E-state index is 6.37. The summed E-state index contributed by atoms with van der Waals surface area (Å²) in [4.78, 5) is 4.66. The summed E-state index contributed by atoms with van der Waals surface area (Å²) in [6.45, 7) is 4.45. The van der Waals surface area contributed by atoms with Crippen molar-refractivity contribution < 1.29 is 4.74 Å². The summed E-state index contributed by atoms with van der Waals surface area (Å²) < 4.78 is 6.37. The van der Waals surface area contributed by atoms with Crippen LogP contribution in [0.15, 0.2) is 12.3 Å². The first-order chi connectivity index (χ1) is 13.2. The number of aromatic nitrogens is 1. The normalized spacial score (nSPS) is 24.1. The first kappa shape index (κ1) is 20.7. The summed E-state index contributed by atoms with van der Waals surface area (Å²) in [6, 6.07) is 2.30. The summed E-state index contributed by atoms with van der Waals surface area (Å²) in [7, 11) is 0. The maximum atomic E-state index is 6.37. The van der Waals surface area contributed by atoms with Crippen LogP contribution in [0.1, 0.15) is 108 Å². The largest absolute Gasteiger partial charge is 0.489 e. The highest BCUT2D eigenvalue weighted by atomic mass is 16.5. The molecule has 2 heteroatoms. The molecule has 0 spiro atoms. The van der Waals surface area contributed by atoms with Crippen LogP contribution in [0.5, 0.6) is 5.75 Å². The van der Waals surface area contributed by atoms with E-state index in [0.717, 1.165) is 17.6 Å². The molecule has 0 unspecified atom stereocenters. The zero-order valence-electron chi connectivity index (χ0n) is 17.8. The van der Waals surface area contributed by atoms with Gasteiger partial charge >= 0.3 is 0 Å². The molecular formula is C25H41NO. The first-order valence-electron chi connectivity index (χ1n) is 11.9. The predicted octanol–water partition coefficient (Wildman–Crippen LogP) is 7.42. The lowest BCUT2D eigenvalue weighted by Crippen LogP contribution is -2.24. The highest BCUT2D eigenvalue weighted by Crippen LogP contribution is 2.32. The molecule has 0 saturated heterocycles. The smallest absolute Gasteiger partial charge is 0.138 e. The van der Waals surface area contributed by atoms with Crippen molar-refractivity contribution in [2.24, 2.45) is 11.8 Å². The van der Waals surface area contributed by atoms with Crippen molar-refractivity contribution in [3.8, 4) is 5.75 Å². The molecule has 2 fully saturated rings. The summed E-state index contributed by atoms with van der Waals surface area (Å²) in [5.74, 6) is 2.81. The molecule has 0 radical (unpaired) electrons. The number of nitrogens with zero attached hydrogens (tertiary/aromatic N) is 1. The summed E-state index contributed by atoms with van der Waals surface area (Å²) in [5.41, 5.74) is 2.62. The van der Waals surface area contributed by atoms with E-state index in [0.29, 0.717) is 6.10 Å². The number of pyridine rings is 1.